The predicted molar refractivity (Wildman–Crippen MR) is 106 cm³/mol. The van der Waals surface area contributed by atoms with Gasteiger partial charge in [-0.05, 0) is 48.7 Å². The molecule has 0 spiro atoms. The number of rotatable bonds is 7. The van der Waals surface area contributed by atoms with Crippen LogP contribution >= 0.6 is 0 Å². The molecular weight excluding hydrogens is 336 g/mol. The molecule has 5 nitrogen and oxygen atoms in total. The van der Waals surface area contributed by atoms with E-state index in [0.29, 0.717) is 17.7 Å². The smallest absolute Gasteiger partial charge is 0.252 e. The summed E-state index contributed by atoms with van der Waals surface area (Å²) in [7, 11) is 0. The second-order valence-electron chi connectivity index (χ2n) is 6.12. The van der Waals surface area contributed by atoms with Gasteiger partial charge in [0.2, 0.25) is 0 Å². The largest absolute Gasteiger partial charge is 0.354 e. The standard InChI is InChI=1S/C22H20N4O/c23-14-18-8-10-20(11-9-18)26-21-13-19(15-24-16-21)22(27)25-12-4-7-17-5-2-1-3-6-17/h1-3,5-6,8-11,13,15-16,26H,4,7,12H2,(H,25,27). The Morgan fingerprint density at radius 2 is 1.78 bits per heavy atom. The van der Waals surface area contributed by atoms with Gasteiger partial charge in [0, 0.05) is 18.4 Å². The zero-order valence-electron chi connectivity index (χ0n) is 14.9. The number of benzene rings is 2. The Labute approximate surface area is 158 Å². The first kappa shape index (κ1) is 18.2. The van der Waals surface area contributed by atoms with E-state index in [1.165, 1.54) is 5.56 Å². The van der Waals surface area contributed by atoms with Gasteiger partial charge in [0.15, 0.2) is 0 Å². The Morgan fingerprint density at radius 3 is 2.52 bits per heavy atom. The molecule has 0 unspecified atom stereocenters. The molecule has 1 heterocycles. The van der Waals surface area contributed by atoms with Crippen molar-refractivity contribution in [1.29, 1.82) is 5.26 Å². The molecule has 1 aromatic heterocycles. The van der Waals surface area contributed by atoms with E-state index in [1.54, 1.807) is 30.6 Å². The van der Waals surface area contributed by atoms with Crippen LogP contribution < -0.4 is 10.6 Å². The van der Waals surface area contributed by atoms with E-state index in [-0.39, 0.29) is 5.91 Å². The highest BCUT2D eigenvalue weighted by Gasteiger charge is 2.07. The average molecular weight is 356 g/mol. The van der Waals surface area contributed by atoms with E-state index in [0.717, 1.165) is 24.2 Å². The maximum atomic E-state index is 12.3. The van der Waals surface area contributed by atoms with E-state index in [1.807, 2.05) is 30.3 Å². The number of aryl methyl sites for hydroxylation is 1. The number of hydrogen-bond donors (Lipinski definition) is 2. The summed E-state index contributed by atoms with van der Waals surface area (Å²) in [6.45, 7) is 0.612. The van der Waals surface area contributed by atoms with Crippen LogP contribution in [-0.2, 0) is 6.42 Å². The van der Waals surface area contributed by atoms with Crippen LogP contribution in [0.5, 0.6) is 0 Å². The van der Waals surface area contributed by atoms with Gasteiger partial charge in [-0.1, -0.05) is 30.3 Å². The van der Waals surface area contributed by atoms with Crippen LogP contribution in [0.2, 0.25) is 0 Å². The molecule has 0 fully saturated rings. The Balaban J connectivity index is 1.52. The number of nitrogens with zero attached hydrogens (tertiary/aromatic N) is 2. The van der Waals surface area contributed by atoms with Crippen molar-refractivity contribution in [2.75, 3.05) is 11.9 Å². The topological polar surface area (TPSA) is 77.8 Å². The van der Waals surface area contributed by atoms with Crippen molar-refractivity contribution in [3.8, 4) is 6.07 Å². The van der Waals surface area contributed by atoms with Crippen molar-refractivity contribution >= 4 is 17.3 Å². The SMILES string of the molecule is N#Cc1ccc(Nc2cncc(C(=O)NCCCc3ccccc3)c2)cc1. The van der Waals surface area contributed by atoms with Crippen LogP contribution in [0.4, 0.5) is 11.4 Å². The highest BCUT2D eigenvalue weighted by Crippen LogP contribution is 2.17. The lowest BCUT2D eigenvalue weighted by atomic mass is 10.1. The first-order valence-corrected chi connectivity index (χ1v) is 8.79. The van der Waals surface area contributed by atoms with Crippen molar-refractivity contribution in [2.24, 2.45) is 0 Å². The fourth-order valence-electron chi connectivity index (χ4n) is 2.67. The lowest BCUT2D eigenvalue weighted by molar-refractivity contribution is 0.0953. The van der Waals surface area contributed by atoms with Gasteiger partial charge in [-0.15, -0.1) is 0 Å². The molecule has 0 bridgehead atoms. The Bertz CT molecular complexity index is 931. The van der Waals surface area contributed by atoms with Gasteiger partial charge < -0.3 is 10.6 Å². The van der Waals surface area contributed by atoms with Crippen LogP contribution in [-0.4, -0.2) is 17.4 Å². The monoisotopic (exact) mass is 356 g/mol. The number of hydrogen-bond acceptors (Lipinski definition) is 4. The molecule has 0 saturated heterocycles. The minimum absolute atomic E-state index is 0.140. The molecular formula is C22H20N4O. The van der Waals surface area contributed by atoms with Gasteiger partial charge in [-0.2, -0.15) is 5.26 Å². The minimum Gasteiger partial charge on any atom is -0.354 e. The Morgan fingerprint density at radius 1 is 1.00 bits per heavy atom. The molecule has 134 valence electrons. The average Bonchev–Trinajstić information content (AvgIpc) is 2.72. The number of amides is 1. The van der Waals surface area contributed by atoms with Gasteiger partial charge in [0.25, 0.3) is 5.91 Å². The molecule has 5 heteroatoms. The van der Waals surface area contributed by atoms with Crippen LogP contribution in [0.15, 0.2) is 73.1 Å². The van der Waals surface area contributed by atoms with Crippen molar-refractivity contribution in [2.45, 2.75) is 12.8 Å². The van der Waals surface area contributed by atoms with Crippen LogP contribution in [0.3, 0.4) is 0 Å². The molecule has 0 aliphatic heterocycles. The molecule has 0 aliphatic rings. The minimum atomic E-state index is -0.140. The fraction of sp³-hybridized carbons (Fsp3) is 0.136. The normalized spacial score (nSPS) is 10.0. The molecule has 1 amide bonds. The summed E-state index contributed by atoms with van der Waals surface area (Å²) in [6.07, 6.45) is 5.02. The number of aromatic nitrogens is 1. The molecule has 2 aromatic carbocycles. The molecule has 2 N–H and O–H groups in total. The van der Waals surface area contributed by atoms with E-state index >= 15 is 0 Å². The zero-order chi connectivity index (χ0) is 18.9. The van der Waals surface area contributed by atoms with Crippen molar-refractivity contribution in [3.63, 3.8) is 0 Å². The molecule has 0 radical (unpaired) electrons. The molecule has 0 aliphatic carbocycles. The zero-order valence-corrected chi connectivity index (χ0v) is 14.9. The fourth-order valence-corrected chi connectivity index (χ4v) is 2.67. The maximum Gasteiger partial charge on any atom is 0.252 e. The van der Waals surface area contributed by atoms with Gasteiger partial charge in [-0.3, -0.25) is 9.78 Å². The second-order valence-corrected chi connectivity index (χ2v) is 6.12. The van der Waals surface area contributed by atoms with Crippen LogP contribution in [0, 0.1) is 11.3 Å². The maximum absolute atomic E-state index is 12.3. The summed E-state index contributed by atoms with van der Waals surface area (Å²) < 4.78 is 0. The summed E-state index contributed by atoms with van der Waals surface area (Å²) in [4.78, 5) is 16.5. The summed E-state index contributed by atoms with van der Waals surface area (Å²) in [5.41, 5.74) is 3.92. The van der Waals surface area contributed by atoms with Gasteiger partial charge in [-0.25, -0.2) is 0 Å². The van der Waals surface area contributed by atoms with Gasteiger partial charge in [0.05, 0.1) is 29.1 Å². The van der Waals surface area contributed by atoms with E-state index in [2.05, 4.69) is 33.8 Å². The number of nitrogens with one attached hydrogen (secondary N) is 2. The lowest BCUT2D eigenvalue weighted by Crippen LogP contribution is -2.25. The van der Waals surface area contributed by atoms with Crippen molar-refractivity contribution in [1.82, 2.24) is 10.3 Å². The second kappa shape index (κ2) is 9.16. The highest BCUT2D eigenvalue weighted by molar-refractivity contribution is 5.94. The highest BCUT2D eigenvalue weighted by atomic mass is 16.1. The number of carbonyl (C=O) groups excluding carboxylic acids is 1. The van der Waals surface area contributed by atoms with Crippen LogP contribution in [0.25, 0.3) is 0 Å². The van der Waals surface area contributed by atoms with Crippen molar-refractivity contribution in [3.05, 3.63) is 89.7 Å². The van der Waals surface area contributed by atoms with Gasteiger partial charge in [0.1, 0.15) is 0 Å². The summed E-state index contributed by atoms with van der Waals surface area (Å²) in [5, 5.41) is 15.0. The summed E-state index contributed by atoms with van der Waals surface area (Å²) in [6, 6.07) is 21.2. The third-order valence-electron chi connectivity index (χ3n) is 4.07. The molecule has 0 atom stereocenters. The lowest BCUT2D eigenvalue weighted by Gasteiger charge is -2.09. The van der Waals surface area contributed by atoms with E-state index < -0.39 is 0 Å². The Kier molecular flexibility index (Phi) is 6.16. The molecule has 0 saturated carbocycles. The quantitative estimate of drug-likeness (QED) is 0.626. The number of nitriles is 1. The number of carbonyl (C=O) groups is 1. The Hall–Kier alpha value is -3.65. The molecule has 3 aromatic rings. The van der Waals surface area contributed by atoms with E-state index in [9.17, 15) is 4.79 Å². The van der Waals surface area contributed by atoms with E-state index in [4.69, 9.17) is 5.26 Å². The molecule has 3 rings (SSSR count). The summed E-state index contributed by atoms with van der Waals surface area (Å²) >= 11 is 0. The first-order valence-electron chi connectivity index (χ1n) is 8.79. The predicted octanol–water partition coefficient (Wildman–Crippen LogP) is 4.06. The van der Waals surface area contributed by atoms with Crippen molar-refractivity contribution < 1.29 is 4.79 Å². The van der Waals surface area contributed by atoms with Gasteiger partial charge >= 0.3 is 0 Å². The third-order valence-corrected chi connectivity index (χ3v) is 4.07. The molecule has 27 heavy (non-hydrogen) atoms. The first-order chi connectivity index (χ1) is 13.2. The van der Waals surface area contributed by atoms with Crippen LogP contribution in [0.1, 0.15) is 27.9 Å². The number of anilines is 2. The number of pyridine rings is 1. The third kappa shape index (κ3) is 5.41. The summed E-state index contributed by atoms with van der Waals surface area (Å²) in [5.74, 6) is -0.140.